The Morgan fingerprint density at radius 1 is 1.00 bits per heavy atom. The third-order valence-electron chi connectivity index (χ3n) is 2.38. The van der Waals surface area contributed by atoms with Crippen LogP contribution in [0, 0.1) is 18.3 Å². The van der Waals surface area contributed by atoms with Crippen LogP contribution in [0.4, 0.5) is 0 Å². The Morgan fingerprint density at radius 2 is 1.80 bits per heavy atom. The van der Waals surface area contributed by atoms with Crippen molar-refractivity contribution in [1.82, 2.24) is 0 Å². The van der Waals surface area contributed by atoms with E-state index in [1.807, 2.05) is 36.4 Å². The van der Waals surface area contributed by atoms with E-state index >= 15 is 0 Å². The standard InChI is InChI=1S/C14H11N/c1-11-5-4-7-12(9-11)14-8-3-2-6-13(14)10-15/h2-9H,1H3. The zero-order chi connectivity index (χ0) is 10.7. The van der Waals surface area contributed by atoms with Crippen LogP contribution in [0.2, 0.25) is 0 Å². The first-order valence-corrected chi connectivity index (χ1v) is 4.87. The van der Waals surface area contributed by atoms with Crippen LogP contribution in [0.3, 0.4) is 0 Å². The van der Waals surface area contributed by atoms with Crippen LogP contribution in [-0.2, 0) is 0 Å². The molecular formula is C14H11N. The lowest BCUT2D eigenvalue weighted by atomic mass is 9.99. The van der Waals surface area contributed by atoms with Crippen molar-refractivity contribution in [2.75, 3.05) is 0 Å². The van der Waals surface area contributed by atoms with Crippen molar-refractivity contribution in [1.29, 1.82) is 5.26 Å². The highest BCUT2D eigenvalue weighted by Crippen LogP contribution is 2.23. The lowest BCUT2D eigenvalue weighted by molar-refractivity contribution is 1.44. The van der Waals surface area contributed by atoms with E-state index in [4.69, 9.17) is 5.26 Å². The minimum absolute atomic E-state index is 0.725. The molecule has 0 aliphatic rings. The Morgan fingerprint density at radius 3 is 2.53 bits per heavy atom. The Labute approximate surface area is 89.6 Å². The molecule has 0 aliphatic heterocycles. The lowest BCUT2D eigenvalue weighted by Gasteiger charge is -2.04. The molecule has 1 heteroatoms. The minimum Gasteiger partial charge on any atom is -0.192 e. The maximum absolute atomic E-state index is 9.00. The SMILES string of the molecule is Cc1cccc(-c2ccccc2C#N)c1. The smallest absolute Gasteiger partial charge is 0.0998 e. The van der Waals surface area contributed by atoms with Gasteiger partial charge in [-0.1, -0.05) is 48.0 Å². The highest BCUT2D eigenvalue weighted by atomic mass is 14.2. The van der Waals surface area contributed by atoms with Crippen LogP contribution < -0.4 is 0 Å². The van der Waals surface area contributed by atoms with Crippen molar-refractivity contribution >= 4 is 0 Å². The van der Waals surface area contributed by atoms with Gasteiger partial charge in [-0.25, -0.2) is 0 Å². The fourth-order valence-corrected chi connectivity index (χ4v) is 1.64. The molecule has 0 saturated carbocycles. The van der Waals surface area contributed by atoms with Crippen LogP contribution in [0.25, 0.3) is 11.1 Å². The summed E-state index contributed by atoms with van der Waals surface area (Å²) in [6, 6.07) is 18.1. The summed E-state index contributed by atoms with van der Waals surface area (Å²) < 4.78 is 0. The van der Waals surface area contributed by atoms with Gasteiger partial charge in [0.1, 0.15) is 0 Å². The molecule has 1 nitrogen and oxygen atoms in total. The molecule has 2 aromatic rings. The minimum atomic E-state index is 0.725. The topological polar surface area (TPSA) is 23.8 Å². The number of aryl methyl sites for hydroxylation is 1. The van der Waals surface area contributed by atoms with Crippen molar-refractivity contribution in [3.63, 3.8) is 0 Å². The molecule has 0 unspecified atom stereocenters. The zero-order valence-electron chi connectivity index (χ0n) is 8.57. The summed E-state index contributed by atoms with van der Waals surface area (Å²) in [5.41, 5.74) is 4.04. The van der Waals surface area contributed by atoms with E-state index in [9.17, 15) is 0 Å². The predicted molar refractivity (Wildman–Crippen MR) is 61.3 cm³/mol. The average Bonchev–Trinajstić information content (AvgIpc) is 2.29. The maximum atomic E-state index is 9.00. The molecule has 72 valence electrons. The number of hydrogen-bond acceptors (Lipinski definition) is 1. The third kappa shape index (κ3) is 1.89. The summed E-state index contributed by atoms with van der Waals surface area (Å²) in [5.74, 6) is 0. The second kappa shape index (κ2) is 3.98. The van der Waals surface area contributed by atoms with E-state index in [2.05, 4.69) is 25.1 Å². The fraction of sp³-hybridized carbons (Fsp3) is 0.0714. The lowest BCUT2D eigenvalue weighted by Crippen LogP contribution is -1.84. The first-order valence-electron chi connectivity index (χ1n) is 4.87. The van der Waals surface area contributed by atoms with E-state index in [0.717, 1.165) is 16.7 Å². The van der Waals surface area contributed by atoms with Crippen LogP contribution in [0.15, 0.2) is 48.5 Å². The fourth-order valence-electron chi connectivity index (χ4n) is 1.64. The molecule has 0 radical (unpaired) electrons. The van der Waals surface area contributed by atoms with Gasteiger partial charge in [0.15, 0.2) is 0 Å². The number of nitriles is 1. The molecule has 2 rings (SSSR count). The molecule has 0 atom stereocenters. The highest BCUT2D eigenvalue weighted by molar-refractivity contribution is 5.70. The second-order valence-electron chi connectivity index (χ2n) is 3.53. The van der Waals surface area contributed by atoms with Gasteiger partial charge in [0.05, 0.1) is 11.6 Å². The van der Waals surface area contributed by atoms with Gasteiger partial charge in [0.25, 0.3) is 0 Å². The summed E-state index contributed by atoms with van der Waals surface area (Å²) in [6.07, 6.45) is 0. The molecule has 2 aromatic carbocycles. The van der Waals surface area contributed by atoms with Crippen molar-refractivity contribution in [3.05, 3.63) is 59.7 Å². The van der Waals surface area contributed by atoms with Crippen LogP contribution in [-0.4, -0.2) is 0 Å². The first kappa shape index (κ1) is 9.48. The van der Waals surface area contributed by atoms with E-state index < -0.39 is 0 Å². The Hall–Kier alpha value is -2.07. The third-order valence-corrected chi connectivity index (χ3v) is 2.38. The second-order valence-corrected chi connectivity index (χ2v) is 3.53. The Balaban J connectivity index is 2.60. The number of benzene rings is 2. The van der Waals surface area contributed by atoms with Gasteiger partial charge in [-0.05, 0) is 24.1 Å². The molecule has 0 N–H and O–H groups in total. The van der Waals surface area contributed by atoms with Crippen molar-refractivity contribution in [2.24, 2.45) is 0 Å². The number of nitrogens with zero attached hydrogens (tertiary/aromatic N) is 1. The molecule has 0 aromatic heterocycles. The molecule has 15 heavy (non-hydrogen) atoms. The van der Waals surface area contributed by atoms with Crippen LogP contribution >= 0.6 is 0 Å². The maximum Gasteiger partial charge on any atom is 0.0998 e. The Kier molecular flexibility index (Phi) is 2.51. The molecule has 0 spiro atoms. The van der Waals surface area contributed by atoms with Crippen molar-refractivity contribution < 1.29 is 0 Å². The van der Waals surface area contributed by atoms with E-state index in [-0.39, 0.29) is 0 Å². The molecule has 0 amide bonds. The van der Waals surface area contributed by atoms with Gasteiger partial charge < -0.3 is 0 Å². The van der Waals surface area contributed by atoms with E-state index in [1.54, 1.807) is 0 Å². The van der Waals surface area contributed by atoms with Gasteiger partial charge >= 0.3 is 0 Å². The number of rotatable bonds is 1. The van der Waals surface area contributed by atoms with Gasteiger partial charge in [0, 0.05) is 0 Å². The van der Waals surface area contributed by atoms with Crippen LogP contribution in [0.5, 0.6) is 0 Å². The molecule has 0 bridgehead atoms. The zero-order valence-corrected chi connectivity index (χ0v) is 8.57. The monoisotopic (exact) mass is 193 g/mol. The van der Waals surface area contributed by atoms with E-state index in [1.165, 1.54) is 5.56 Å². The normalized spacial score (nSPS) is 9.60. The quantitative estimate of drug-likeness (QED) is 0.679. The van der Waals surface area contributed by atoms with Crippen molar-refractivity contribution in [3.8, 4) is 17.2 Å². The highest BCUT2D eigenvalue weighted by Gasteiger charge is 2.02. The average molecular weight is 193 g/mol. The van der Waals surface area contributed by atoms with Gasteiger partial charge in [-0.2, -0.15) is 5.26 Å². The van der Waals surface area contributed by atoms with Gasteiger partial charge in [-0.15, -0.1) is 0 Å². The molecular weight excluding hydrogens is 182 g/mol. The number of hydrogen-bond donors (Lipinski definition) is 0. The summed E-state index contributed by atoms with van der Waals surface area (Å²) in [5, 5.41) is 9.00. The van der Waals surface area contributed by atoms with Gasteiger partial charge in [0.2, 0.25) is 0 Å². The Bertz CT molecular complexity index is 521. The van der Waals surface area contributed by atoms with Crippen molar-refractivity contribution in [2.45, 2.75) is 6.92 Å². The molecule has 0 fully saturated rings. The first-order chi connectivity index (χ1) is 7.31. The summed E-state index contributed by atoms with van der Waals surface area (Å²) in [4.78, 5) is 0. The molecule has 0 saturated heterocycles. The molecule has 0 heterocycles. The predicted octanol–water partition coefficient (Wildman–Crippen LogP) is 3.53. The molecule has 0 aliphatic carbocycles. The summed E-state index contributed by atoms with van der Waals surface area (Å²) in [7, 11) is 0. The van der Waals surface area contributed by atoms with Gasteiger partial charge in [-0.3, -0.25) is 0 Å². The summed E-state index contributed by atoms with van der Waals surface area (Å²) >= 11 is 0. The largest absolute Gasteiger partial charge is 0.192 e. The van der Waals surface area contributed by atoms with Crippen LogP contribution in [0.1, 0.15) is 11.1 Å². The summed E-state index contributed by atoms with van der Waals surface area (Å²) in [6.45, 7) is 2.05. The van der Waals surface area contributed by atoms with E-state index in [0.29, 0.717) is 0 Å².